The fraction of sp³-hybridized carbons (Fsp3) is 0.0769. The standard InChI is InChI=1S/C13H10ClN3O2/c14-9-5-6-13(16-7-9,17(18)19)11-8-15-12-4-2-1-3-10(11)12/h1-8,15-16H. The Hall–Kier alpha value is -2.27. The van der Waals surface area contributed by atoms with Crippen LogP contribution in [0.15, 0.2) is 53.8 Å². The van der Waals surface area contributed by atoms with Gasteiger partial charge in [0, 0.05) is 29.4 Å². The molecule has 5 nitrogen and oxygen atoms in total. The van der Waals surface area contributed by atoms with Crippen molar-refractivity contribution in [2.24, 2.45) is 0 Å². The van der Waals surface area contributed by atoms with Crippen molar-refractivity contribution in [2.75, 3.05) is 0 Å². The van der Waals surface area contributed by atoms with E-state index < -0.39 is 5.66 Å². The molecule has 2 N–H and O–H groups in total. The molecule has 1 atom stereocenters. The number of benzene rings is 1. The number of nitro groups is 1. The second kappa shape index (κ2) is 4.13. The molecule has 96 valence electrons. The molecule has 1 aromatic heterocycles. The molecule has 1 unspecified atom stereocenters. The Bertz CT molecular complexity index is 720. The molecule has 1 aromatic carbocycles. The molecular formula is C13H10ClN3O2. The van der Waals surface area contributed by atoms with Crippen LogP contribution in [-0.2, 0) is 5.66 Å². The Morgan fingerprint density at radius 2 is 2.11 bits per heavy atom. The Morgan fingerprint density at radius 3 is 2.79 bits per heavy atom. The van der Waals surface area contributed by atoms with E-state index >= 15 is 0 Å². The number of nitrogens with one attached hydrogen (secondary N) is 2. The van der Waals surface area contributed by atoms with E-state index in [1.165, 1.54) is 18.4 Å². The molecule has 0 radical (unpaired) electrons. The van der Waals surface area contributed by atoms with Gasteiger partial charge in [-0.1, -0.05) is 29.8 Å². The van der Waals surface area contributed by atoms with E-state index in [2.05, 4.69) is 10.3 Å². The predicted molar refractivity (Wildman–Crippen MR) is 73.2 cm³/mol. The molecule has 0 amide bonds. The lowest BCUT2D eigenvalue weighted by Crippen LogP contribution is -2.46. The molecular weight excluding hydrogens is 266 g/mol. The van der Waals surface area contributed by atoms with Crippen molar-refractivity contribution in [1.82, 2.24) is 10.3 Å². The van der Waals surface area contributed by atoms with Crippen molar-refractivity contribution in [1.29, 1.82) is 0 Å². The van der Waals surface area contributed by atoms with E-state index in [1.54, 1.807) is 6.20 Å². The Kier molecular flexibility index (Phi) is 2.57. The Morgan fingerprint density at radius 1 is 1.32 bits per heavy atom. The van der Waals surface area contributed by atoms with Crippen LogP contribution in [0.2, 0.25) is 0 Å². The van der Waals surface area contributed by atoms with Crippen molar-refractivity contribution in [3.05, 3.63) is 69.5 Å². The van der Waals surface area contributed by atoms with Gasteiger partial charge in [0.1, 0.15) is 0 Å². The van der Waals surface area contributed by atoms with Crippen LogP contribution >= 0.6 is 11.6 Å². The van der Waals surface area contributed by atoms with Gasteiger partial charge in [-0.15, -0.1) is 0 Å². The van der Waals surface area contributed by atoms with E-state index in [-0.39, 0.29) is 4.92 Å². The largest absolute Gasteiger partial charge is 0.361 e. The van der Waals surface area contributed by atoms with Crippen LogP contribution in [0.4, 0.5) is 0 Å². The first kappa shape index (κ1) is 11.8. The van der Waals surface area contributed by atoms with Crippen molar-refractivity contribution in [2.45, 2.75) is 5.66 Å². The number of aromatic nitrogens is 1. The zero-order valence-corrected chi connectivity index (χ0v) is 10.5. The van der Waals surface area contributed by atoms with Crippen LogP contribution in [0.25, 0.3) is 10.9 Å². The summed E-state index contributed by atoms with van der Waals surface area (Å²) in [7, 11) is 0. The van der Waals surface area contributed by atoms with Crippen molar-refractivity contribution >= 4 is 22.5 Å². The highest BCUT2D eigenvalue weighted by molar-refractivity contribution is 6.31. The van der Waals surface area contributed by atoms with Crippen LogP contribution in [-0.4, -0.2) is 9.91 Å². The van der Waals surface area contributed by atoms with Crippen molar-refractivity contribution < 1.29 is 4.92 Å². The number of hydrogen-bond donors (Lipinski definition) is 2. The topological polar surface area (TPSA) is 71.0 Å². The van der Waals surface area contributed by atoms with Gasteiger partial charge in [-0.25, -0.2) is 0 Å². The van der Waals surface area contributed by atoms with Gasteiger partial charge in [0.15, 0.2) is 0 Å². The van der Waals surface area contributed by atoms with Gasteiger partial charge in [-0.3, -0.25) is 10.1 Å². The maximum Gasteiger partial charge on any atom is 0.341 e. The third-order valence-electron chi connectivity index (χ3n) is 3.20. The van der Waals surface area contributed by atoms with Crippen LogP contribution in [0.5, 0.6) is 0 Å². The van der Waals surface area contributed by atoms with E-state index in [9.17, 15) is 10.1 Å². The van der Waals surface area contributed by atoms with Crippen LogP contribution in [0.1, 0.15) is 5.56 Å². The average molecular weight is 276 g/mol. The van der Waals surface area contributed by atoms with E-state index in [0.717, 1.165) is 10.9 Å². The molecule has 2 heterocycles. The zero-order valence-electron chi connectivity index (χ0n) is 9.76. The van der Waals surface area contributed by atoms with Gasteiger partial charge >= 0.3 is 5.66 Å². The number of nitrogens with zero attached hydrogens (tertiary/aromatic N) is 1. The first-order valence-corrected chi connectivity index (χ1v) is 6.05. The number of fused-ring (bicyclic) bond motifs is 1. The summed E-state index contributed by atoms with van der Waals surface area (Å²) >= 11 is 5.81. The molecule has 0 saturated heterocycles. The second-order valence-corrected chi connectivity index (χ2v) is 4.71. The highest BCUT2D eigenvalue weighted by Gasteiger charge is 2.44. The SMILES string of the molecule is O=[N+]([O-])C1(c2c[nH]c3ccccc23)C=CC(Cl)=CN1. The van der Waals surface area contributed by atoms with E-state index in [0.29, 0.717) is 10.6 Å². The van der Waals surface area contributed by atoms with Gasteiger partial charge in [0.2, 0.25) is 0 Å². The molecule has 0 spiro atoms. The maximum absolute atomic E-state index is 11.5. The van der Waals surface area contributed by atoms with E-state index in [1.807, 2.05) is 24.3 Å². The number of aromatic amines is 1. The fourth-order valence-corrected chi connectivity index (χ4v) is 2.36. The average Bonchev–Trinajstić information content (AvgIpc) is 2.84. The summed E-state index contributed by atoms with van der Waals surface area (Å²) in [6, 6.07) is 7.45. The lowest BCUT2D eigenvalue weighted by molar-refractivity contribution is -0.570. The second-order valence-electron chi connectivity index (χ2n) is 4.28. The minimum Gasteiger partial charge on any atom is -0.361 e. The number of allylic oxidation sites excluding steroid dienone is 2. The number of dihydropyridines is 1. The summed E-state index contributed by atoms with van der Waals surface area (Å²) in [5.41, 5.74) is -0.0720. The molecule has 1 aliphatic heterocycles. The molecule has 0 fully saturated rings. The monoisotopic (exact) mass is 275 g/mol. The fourth-order valence-electron chi connectivity index (χ4n) is 2.24. The predicted octanol–water partition coefficient (Wildman–Crippen LogP) is 2.84. The molecule has 6 heteroatoms. The van der Waals surface area contributed by atoms with Crippen LogP contribution < -0.4 is 5.32 Å². The summed E-state index contributed by atoms with van der Waals surface area (Å²) in [4.78, 5) is 14.2. The van der Waals surface area contributed by atoms with Crippen LogP contribution in [0.3, 0.4) is 0 Å². The van der Waals surface area contributed by atoms with Gasteiger partial charge in [0.05, 0.1) is 15.5 Å². The molecule has 2 aromatic rings. The van der Waals surface area contributed by atoms with Crippen LogP contribution in [0, 0.1) is 10.1 Å². The quantitative estimate of drug-likeness (QED) is 0.654. The maximum atomic E-state index is 11.5. The lowest BCUT2D eigenvalue weighted by atomic mass is 9.97. The minimum atomic E-state index is -1.49. The van der Waals surface area contributed by atoms with Gasteiger partial charge in [0.25, 0.3) is 0 Å². The molecule has 0 aliphatic carbocycles. The summed E-state index contributed by atoms with van der Waals surface area (Å²) in [6.07, 6.45) is 6.08. The summed E-state index contributed by atoms with van der Waals surface area (Å²) in [5.74, 6) is 0. The smallest absolute Gasteiger partial charge is 0.341 e. The number of hydrogen-bond acceptors (Lipinski definition) is 3. The van der Waals surface area contributed by atoms with E-state index in [4.69, 9.17) is 11.6 Å². The molecule has 0 saturated carbocycles. The summed E-state index contributed by atoms with van der Waals surface area (Å²) in [6.45, 7) is 0. The van der Waals surface area contributed by atoms with Crippen molar-refractivity contribution in [3.63, 3.8) is 0 Å². The molecule has 1 aliphatic rings. The molecule has 19 heavy (non-hydrogen) atoms. The highest BCUT2D eigenvalue weighted by Crippen LogP contribution is 2.33. The third kappa shape index (κ3) is 1.70. The number of H-pyrrole nitrogens is 1. The molecule has 3 rings (SSSR count). The molecule has 0 bridgehead atoms. The Labute approximate surface area is 113 Å². The van der Waals surface area contributed by atoms with Crippen molar-refractivity contribution in [3.8, 4) is 0 Å². The van der Waals surface area contributed by atoms with Gasteiger partial charge in [-0.05, 0) is 12.1 Å². The third-order valence-corrected chi connectivity index (χ3v) is 3.44. The van der Waals surface area contributed by atoms with Gasteiger partial charge in [-0.2, -0.15) is 0 Å². The minimum absolute atomic E-state index is 0.362. The number of rotatable bonds is 2. The Balaban J connectivity index is 2.22. The first-order valence-electron chi connectivity index (χ1n) is 5.67. The zero-order chi connectivity index (χ0) is 13.5. The summed E-state index contributed by atoms with van der Waals surface area (Å²) in [5, 5.41) is 15.5. The summed E-state index contributed by atoms with van der Waals surface area (Å²) < 4.78 is 0. The first-order chi connectivity index (χ1) is 9.13. The normalized spacial score (nSPS) is 22.1. The highest BCUT2D eigenvalue weighted by atomic mass is 35.5. The lowest BCUT2D eigenvalue weighted by Gasteiger charge is -2.24. The van der Waals surface area contributed by atoms with Gasteiger partial charge < -0.3 is 10.3 Å². The number of para-hydroxylation sites is 1. The number of halogens is 1.